The average Bonchev–Trinajstić information content (AvgIpc) is 2.37. The van der Waals surface area contributed by atoms with Gasteiger partial charge in [0.1, 0.15) is 13.2 Å². The van der Waals surface area contributed by atoms with E-state index in [0.29, 0.717) is 36.7 Å². The van der Waals surface area contributed by atoms with Gasteiger partial charge in [0.2, 0.25) is 6.41 Å². The van der Waals surface area contributed by atoms with Crippen molar-refractivity contribution >= 4 is 12.4 Å². The number of benzene rings is 1. The number of aliphatic carboxylic acids is 1. The van der Waals surface area contributed by atoms with Gasteiger partial charge in [-0.15, -0.1) is 0 Å². The molecule has 1 aliphatic heterocycles. The third-order valence-electron chi connectivity index (χ3n) is 2.62. The zero-order valence-electron chi connectivity index (χ0n) is 9.59. The molecule has 0 aliphatic carbocycles. The van der Waals surface area contributed by atoms with Gasteiger partial charge in [-0.25, -0.2) is 0 Å². The minimum Gasteiger partial charge on any atom is -0.486 e. The quantitative estimate of drug-likeness (QED) is 0.753. The molecular formula is C12H13NO5. The molecule has 1 heterocycles. The monoisotopic (exact) mass is 251 g/mol. The van der Waals surface area contributed by atoms with Crippen LogP contribution in [0.2, 0.25) is 0 Å². The Balaban J connectivity index is 2.24. The van der Waals surface area contributed by atoms with Crippen molar-refractivity contribution in [2.24, 2.45) is 0 Å². The second-order valence-electron chi connectivity index (χ2n) is 3.84. The smallest absolute Gasteiger partial charge is 0.305 e. The fourth-order valence-electron chi connectivity index (χ4n) is 1.81. The summed E-state index contributed by atoms with van der Waals surface area (Å²) in [6.07, 6.45) is 0.308. The lowest BCUT2D eigenvalue weighted by Gasteiger charge is -2.21. The van der Waals surface area contributed by atoms with Crippen molar-refractivity contribution in [2.75, 3.05) is 13.2 Å². The van der Waals surface area contributed by atoms with Gasteiger partial charge in [-0.05, 0) is 17.7 Å². The van der Waals surface area contributed by atoms with Crippen LogP contribution in [-0.4, -0.2) is 30.7 Å². The maximum Gasteiger partial charge on any atom is 0.305 e. The molecule has 0 unspecified atom stereocenters. The van der Waals surface area contributed by atoms with Gasteiger partial charge in [-0.1, -0.05) is 6.07 Å². The Hall–Kier alpha value is -2.24. The van der Waals surface area contributed by atoms with Crippen LogP contribution in [0.4, 0.5) is 0 Å². The summed E-state index contributed by atoms with van der Waals surface area (Å²) in [6, 6.07) is 4.55. The van der Waals surface area contributed by atoms with Gasteiger partial charge in [-0.3, -0.25) is 9.59 Å². The van der Waals surface area contributed by atoms with Crippen LogP contribution in [0.15, 0.2) is 18.2 Å². The molecule has 96 valence electrons. The molecule has 2 N–H and O–H groups in total. The van der Waals surface area contributed by atoms with Gasteiger partial charge in [0.05, 0.1) is 12.5 Å². The van der Waals surface area contributed by atoms with Crippen molar-refractivity contribution in [3.05, 3.63) is 23.8 Å². The van der Waals surface area contributed by atoms with Gasteiger partial charge in [0.15, 0.2) is 11.5 Å². The summed E-state index contributed by atoms with van der Waals surface area (Å²) >= 11 is 0. The van der Waals surface area contributed by atoms with Crippen molar-refractivity contribution < 1.29 is 24.2 Å². The van der Waals surface area contributed by atoms with Crippen LogP contribution in [0.1, 0.15) is 18.0 Å². The first-order valence-corrected chi connectivity index (χ1v) is 5.51. The largest absolute Gasteiger partial charge is 0.486 e. The SMILES string of the molecule is O=CN[C@H](CC(=O)O)c1ccc2c(c1)OCCO2. The molecule has 1 aromatic rings. The first-order valence-electron chi connectivity index (χ1n) is 5.51. The van der Waals surface area contributed by atoms with Gasteiger partial charge in [0, 0.05) is 0 Å². The van der Waals surface area contributed by atoms with Gasteiger partial charge in [0.25, 0.3) is 0 Å². The first kappa shape index (κ1) is 12.2. The normalized spacial score (nSPS) is 14.7. The second kappa shape index (κ2) is 5.39. The summed E-state index contributed by atoms with van der Waals surface area (Å²) in [7, 11) is 0. The van der Waals surface area contributed by atoms with E-state index < -0.39 is 12.0 Å². The molecule has 0 saturated heterocycles. The maximum atomic E-state index is 10.7. The van der Waals surface area contributed by atoms with Crippen LogP contribution in [-0.2, 0) is 9.59 Å². The molecule has 0 bridgehead atoms. The standard InChI is InChI=1S/C12H13NO5/c14-7-13-9(6-12(15)16)8-1-2-10-11(5-8)18-4-3-17-10/h1-2,5,7,9H,3-4,6H2,(H,13,14)(H,15,16)/t9-/m1/s1. The van der Waals surface area contributed by atoms with E-state index in [1.165, 1.54) is 0 Å². The molecule has 0 aromatic heterocycles. The number of carbonyl (C=O) groups is 2. The van der Waals surface area contributed by atoms with E-state index in [2.05, 4.69) is 5.32 Å². The highest BCUT2D eigenvalue weighted by molar-refractivity contribution is 5.68. The number of hydrogen-bond acceptors (Lipinski definition) is 4. The Labute approximate surface area is 104 Å². The lowest BCUT2D eigenvalue weighted by atomic mass is 10.0. The average molecular weight is 251 g/mol. The number of fused-ring (bicyclic) bond motifs is 1. The Morgan fingerprint density at radius 2 is 2.11 bits per heavy atom. The molecule has 18 heavy (non-hydrogen) atoms. The minimum absolute atomic E-state index is 0.182. The Morgan fingerprint density at radius 1 is 1.39 bits per heavy atom. The molecule has 0 saturated carbocycles. The topological polar surface area (TPSA) is 84.9 Å². The first-order chi connectivity index (χ1) is 8.70. The van der Waals surface area contributed by atoms with E-state index in [-0.39, 0.29) is 6.42 Å². The van der Waals surface area contributed by atoms with Crippen LogP contribution in [0.5, 0.6) is 11.5 Å². The van der Waals surface area contributed by atoms with Crippen molar-refractivity contribution in [3.63, 3.8) is 0 Å². The van der Waals surface area contributed by atoms with E-state index in [0.717, 1.165) is 0 Å². The van der Waals surface area contributed by atoms with Gasteiger partial charge in [-0.2, -0.15) is 0 Å². The summed E-state index contributed by atoms with van der Waals surface area (Å²) in [6.45, 7) is 0.957. The van der Waals surface area contributed by atoms with Crippen molar-refractivity contribution in [3.8, 4) is 11.5 Å². The molecular weight excluding hydrogens is 238 g/mol. The maximum absolute atomic E-state index is 10.7. The number of amides is 1. The fourth-order valence-corrected chi connectivity index (χ4v) is 1.81. The number of hydrogen-bond donors (Lipinski definition) is 2. The van der Waals surface area contributed by atoms with E-state index in [4.69, 9.17) is 14.6 Å². The summed E-state index contributed by atoms with van der Waals surface area (Å²) in [5.74, 6) is 0.219. The predicted octanol–water partition coefficient (Wildman–Crippen LogP) is 0.720. The number of carboxylic acids is 1. The molecule has 1 amide bonds. The molecule has 6 nitrogen and oxygen atoms in total. The lowest BCUT2D eigenvalue weighted by molar-refractivity contribution is -0.137. The predicted molar refractivity (Wildman–Crippen MR) is 61.6 cm³/mol. The molecule has 2 rings (SSSR count). The Morgan fingerprint density at radius 3 is 2.78 bits per heavy atom. The van der Waals surface area contributed by atoms with Crippen LogP contribution in [0.25, 0.3) is 0 Å². The highest BCUT2D eigenvalue weighted by Crippen LogP contribution is 2.33. The number of rotatable bonds is 5. The third-order valence-corrected chi connectivity index (χ3v) is 2.62. The summed E-state index contributed by atoms with van der Waals surface area (Å²) in [5, 5.41) is 11.3. The number of carbonyl (C=O) groups excluding carboxylic acids is 1. The van der Waals surface area contributed by atoms with E-state index >= 15 is 0 Å². The highest BCUT2D eigenvalue weighted by atomic mass is 16.6. The third kappa shape index (κ3) is 2.71. The summed E-state index contributed by atoms with van der Waals surface area (Å²) < 4.78 is 10.8. The summed E-state index contributed by atoms with van der Waals surface area (Å²) in [5.41, 5.74) is 0.675. The van der Waals surface area contributed by atoms with Crippen molar-refractivity contribution in [1.29, 1.82) is 0 Å². The Bertz CT molecular complexity index is 460. The van der Waals surface area contributed by atoms with Crippen molar-refractivity contribution in [2.45, 2.75) is 12.5 Å². The molecule has 1 atom stereocenters. The molecule has 1 aromatic carbocycles. The lowest BCUT2D eigenvalue weighted by Crippen LogP contribution is -2.23. The fraction of sp³-hybridized carbons (Fsp3) is 0.333. The van der Waals surface area contributed by atoms with Crippen LogP contribution < -0.4 is 14.8 Å². The number of nitrogens with one attached hydrogen (secondary N) is 1. The second-order valence-corrected chi connectivity index (χ2v) is 3.84. The van der Waals surface area contributed by atoms with Gasteiger partial charge < -0.3 is 19.9 Å². The molecule has 0 radical (unpaired) electrons. The molecule has 0 fully saturated rings. The van der Waals surface area contributed by atoms with E-state index in [1.54, 1.807) is 18.2 Å². The minimum atomic E-state index is -0.982. The zero-order valence-corrected chi connectivity index (χ0v) is 9.59. The number of ether oxygens (including phenoxy) is 2. The van der Waals surface area contributed by atoms with Crippen LogP contribution in [0, 0.1) is 0 Å². The Kier molecular flexibility index (Phi) is 3.66. The highest BCUT2D eigenvalue weighted by Gasteiger charge is 2.18. The van der Waals surface area contributed by atoms with E-state index in [1.807, 2.05) is 0 Å². The van der Waals surface area contributed by atoms with Crippen molar-refractivity contribution in [1.82, 2.24) is 5.32 Å². The molecule has 1 aliphatic rings. The van der Waals surface area contributed by atoms with Gasteiger partial charge >= 0.3 is 5.97 Å². The van der Waals surface area contributed by atoms with Crippen LogP contribution >= 0.6 is 0 Å². The van der Waals surface area contributed by atoms with Crippen LogP contribution in [0.3, 0.4) is 0 Å². The molecule has 6 heteroatoms. The van der Waals surface area contributed by atoms with E-state index in [9.17, 15) is 9.59 Å². The number of carboxylic acid groups (broad SMARTS) is 1. The zero-order chi connectivity index (χ0) is 13.0. The molecule has 0 spiro atoms. The summed E-state index contributed by atoms with van der Waals surface area (Å²) in [4.78, 5) is 21.2.